The van der Waals surface area contributed by atoms with Gasteiger partial charge in [0.25, 0.3) is 0 Å². The van der Waals surface area contributed by atoms with E-state index in [0.29, 0.717) is 0 Å². The van der Waals surface area contributed by atoms with E-state index in [1.165, 1.54) is 5.57 Å². The molecule has 0 aromatic heterocycles. The molecule has 0 amide bonds. The van der Waals surface area contributed by atoms with E-state index in [1.807, 2.05) is 39.0 Å². The van der Waals surface area contributed by atoms with Crippen molar-refractivity contribution in [1.82, 2.24) is 0 Å². The van der Waals surface area contributed by atoms with Crippen LogP contribution in [0.25, 0.3) is 0 Å². The third-order valence-electron chi connectivity index (χ3n) is 1.82. The molecular formula is C11H15NO. The van der Waals surface area contributed by atoms with Crippen LogP contribution in [0.15, 0.2) is 40.8 Å². The molecule has 0 radical (unpaired) electrons. The van der Waals surface area contributed by atoms with E-state index < -0.39 is 0 Å². The van der Waals surface area contributed by atoms with Crippen molar-refractivity contribution in [1.29, 1.82) is 0 Å². The minimum atomic E-state index is 0.877. The lowest BCUT2D eigenvalue weighted by Crippen LogP contribution is -2.06. The molecule has 2 heteroatoms. The van der Waals surface area contributed by atoms with Crippen molar-refractivity contribution < 1.29 is 4.84 Å². The fraction of sp³-hybridized carbons (Fsp3) is 0.364. The fourth-order valence-electron chi connectivity index (χ4n) is 1.14. The zero-order chi connectivity index (χ0) is 9.68. The van der Waals surface area contributed by atoms with Crippen molar-refractivity contribution in [2.24, 2.45) is 5.16 Å². The molecule has 1 heterocycles. The van der Waals surface area contributed by atoms with Crippen molar-refractivity contribution in [2.75, 3.05) is 0 Å². The highest BCUT2D eigenvalue weighted by Crippen LogP contribution is 2.22. The Labute approximate surface area is 79.3 Å². The lowest BCUT2D eigenvalue weighted by Gasteiger charge is -2.12. The Morgan fingerprint density at radius 2 is 1.92 bits per heavy atom. The Kier molecular flexibility index (Phi) is 3.50. The molecule has 0 N–H and O–H groups in total. The molecule has 0 atom stereocenters. The summed E-state index contributed by atoms with van der Waals surface area (Å²) in [4.78, 5) is 5.10. The Balaban J connectivity index is 0.000000396. The second-order valence-electron chi connectivity index (χ2n) is 2.65. The summed E-state index contributed by atoms with van der Waals surface area (Å²) in [7, 11) is 0. The summed E-state index contributed by atoms with van der Waals surface area (Å²) < 4.78 is 0. The summed E-state index contributed by atoms with van der Waals surface area (Å²) in [5.74, 6) is 0.926. The van der Waals surface area contributed by atoms with Crippen LogP contribution in [0.5, 0.6) is 0 Å². The van der Waals surface area contributed by atoms with Crippen LogP contribution in [0.3, 0.4) is 0 Å². The monoisotopic (exact) mass is 177 g/mol. The van der Waals surface area contributed by atoms with Crippen LogP contribution in [0.4, 0.5) is 0 Å². The van der Waals surface area contributed by atoms with Crippen LogP contribution in [-0.4, -0.2) is 5.71 Å². The summed E-state index contributed by atoms with van der Waals surface area (Å²) >= 11 is 0. The lowest BCUT2D eigenvalue weighted by atomic mass is 10.1. The van der Waals surface area contributed by atoms with Crippen molar-refractivity contribution in [3.63, 3.8) is 0 Å². The molecule has 0 saturated heterocycles. The summed E-state index contributed by atoms with van der Waals surface area (Å²) in [5.41, 5.74) is 2.23. The van der Waals surface area contributed by atoms with Gasteiger partial charge in [-0.25, -0.2) is 0 Å². The van der Waals surface area contributed by atoms with Gasteiger partial charge < -0.3 is 4.84 Å². The molecule has 13 heavy (non-hydrogen) atoms. The highest BCUT2D eigenvalue weighted by molar-refractivity contribution is 5.99. The van der Waals surface area contributed by atoms with Crippen LogP contribution in [0.2, 0.25) is 0 Å². The van der Waals surface area contributed by atoms with E-state index in [0.717, 1.165) is 17.9 Å². The first-order chi connectivity index (χ1) is 6.36. The molecule has 2 nitrogen and oxygen atoms in total. The Hall–Kier alpha value is -1.31. The van der Waals surface area contributed by atoms with Gasteiger partial charge in [-0.15, -0.1) is 0 Å². The van der Waals surface area contributed by atoms with Gasteiger partial charge in [0, 0.05) is 6.42 Å². The number of rotatable bonds is 0. The van der Waals surface area contributed by atoms with E-state index in [9.17, 15) is 0 Å². The maximum atomic E-state index is 5.10. The first-order valence-electron chi connectivity index (χ1n) is 4.64. The number of oxime groups is 1. The highest BCUT2D eigenvalue weighted by atomic mass is 16.6. The summed E-state index contributed by atoms with van der Waals surface area (Å²) in [5, 5.41) is 3.91. The quantitative estimate of drug-likeness (QED) is 0.557. The van der Waals surface area contributed by atoms with Gasteiger partial charge in [0.2, 0.25) is 0 Å². The van der Waals surface area contributed by atoms with Crippen molar-refractivity contribution >= 4 is 5.71 Å². The molecule has 70 valence electrons. The summed E-state index contributed by atoms with van der Waals surface area (Å²) in [6.07, 6.45) is 8.87. The molecule has 2 bridgehead atoms. The van der Waals surface area contributed by atoms with E-state index >= 15 is 0 Å². The molecule has 0 saturated carbocycles. The van der Waals surface area contributed by atoms with Crippen molar-refractivity contribution in [2.45, 2.75) is 27.2 Å². The van der Waals surface area contributed by atoms with Crippen molar-refractivity contribution in [3.05, 3.63) is 35.6 Å². The van der Waals surface area contributed by atoms with Crippen LogP contribution in [0, 0.1) is 0 Å². The Bertz CT molecular complexity index is 295. The molecule has 0 aromatic carbocycles. The maximum absolute atomic E-state index is 5.10. The third kappa shape index (κ3) is 2.31. The second-order valence-corrected chi connectivity index (χ2v) is 2.65. The van der Waals surface area contributed by atoms with Gasteiger partial charge >= 0.3 is 0 Å². The van der Waals surface area contributed by atoms with Gasteiger partial charge in [0.15, 0.2) is 0 Å². The SMILES string of the molecule is CC.CC1=NOC2=CC=CC=C1C2. The third-order valence-corrected chi connectivity index (χ3v) is 1.82. The predicted molar refractivity (Wildman–Crippen MR) is 55.5 cm³/mol. The summed E-state index contributed by atoms with van der Waals surface area (Å²) in [6, 6.07) is 0. The average molecular weight is 177 g/mol. The minimum absolute atomic E-state index is 0.877. The Morgan fingerprint density at radius 3 is 2.69 bits per heavy atom. The van der Waals surface area contributed by atoms with Gasteiger partial charge in [0.1, 0.15) is 5.76 Å². The van der Waals surface area contributed by atoms with Gasteiger partial charge in [-0.1, -0.05) is 37.2 Å². The molecule has 0 spiro atoms. The zero-order valence-electron chi connectivity index (χ0n) is 8.37. The number of fused-ring (bicyclic) bond motifs is 2. The van der Waals surface area contributed by atoms with E-state index in [-0.39, 0.29) is 0 Å². The number of allylic oxidation sites excluding steroid dienone is 5. The molecule has 2 aliphatic rings. The van der Waals surface area contributed by atoms with E-state index in [2.05, 4.69) is 11.2 Å². The van der Waals surface area contributed by atoms with E-state index in [1.54, 1.807) is 0 Å². The standard InChI is InChI=1S/C9H9NO.C2H6/c1-7-8-4-2-3-5-9(6-8)11-10-7;1-2/h2-5H,6H2,1H3;1-2H3. The normalized spacial score (nSPS) is 18.2. The van der Waals surface area contributed by atoms with Gasteiger partial charge in [-0.05, 0) is 18.6 Å². The molecule has 0 fully saturated rings. The molecule has 2 rings (SSSR count). The Morgan fingerprint density at radius 1 is 1.23 bits per heavy atom. The van der Waals surface area contributed by atoms with Crippen molar-refractivity contribution in [3.8, 4) is 0 Å². The first-order valence-corrected chi connectivity index (χ1v) is 4.64. The average Bonchev–Trinajstić information content (AvgIpc) is 2.38. The van der Waals surface area contributed by atoms with Gasteiger partial charge in [-0.2, -0.15) is 0 Å². The van der Waals surface area contributed by atoms with Gasteiger partial charge in [0.05, 0.1) is 5.71 Å². The minimum Gasteiger partial charge on any atom is -0.361 e. The molecular weight excluding hydrogens is 162 g/mol. The summed E-state index contributed by atoms with van der Waals surface area (Å²) in [6.45, 7) is 5.96. The molecule has 1 aliphatic heterocycles. The number of hydrogen-bond acceptors (Lipinski definition) is 2. The largest absolute Gasteiger partial charge is 0.361 e. The maximum Gasteiger partial charge on any atom is 0.139 e. The molecule has 0 unspecified atom stereocenters. The van der Waals surface area contributed by atoms with E-state index in [4.69, 9.17) is 4.84 Å². The molecule has 0 aromatic rings. The molecule has 1 aliphatic carbocycles. The lowest BCUT2D eigenvalue weighted by molar-refractivity contribution is 0.214. The second kappa shape index (κ2) is 4.65. The van der Waals surface area contributed by atoms with Crippen LogP contribution < -0.4 is 0 Å². The van der Waals surface area contributed by atoms with Gasteiger partial charge in [-0.3, -0.25) is 0 Å². The fourth-order valence-corrected chi connectivity index (χ4v) is 1.14. The van der Waals surface area contributed by atoms with Crippen LogP contribution in [0.1, 0.15) is 27.2 Å². The smallest absolute Gasteiger partial charge is 0.139 e. The number of hydrogen-bond donors (Lipinski definition) is 0. The van der Waals surface area contributed by atoms with Crippen LogP contribution in [-0.2, 0) is 4.84 Å². The predicted octanol–water partition coefficient (Wildman–Crippen LogP) is 3.19. The number of nitrogens with zero attached hydrogens (tertiary/aromatic N) is 1. The topological polar surface area (TPSA) is 21.6 Å². The van der Waals surface area contributed by atoms with Crippen LogP contribution >= 0.6 is 0 Å². The highest BCUT2D eigenvalue weighted by Gasteiger charge is 2.13. The zero-order valence-corrected chi connectivity index (χ0v) is 8.37. The first kappa shape index (κ1) is 9.78.